The average molecular weight is 290 g/mol. The molecule has 2 rings (SSSR count). The molecule has 1 amide bonds. The number of β-amino-alcohol motifs (C(OH)–C–C–N with tert-alkyl or cyclic N) is 1. The molecule has 1 unspecified atom stereocenters. The highest BCUT2D eigenvalue weighted by Crippen LogP contribution is 2.31. The standard InChI is InChI=1S/C12H22N2O4S/c1-9(2)12(16)7-13(8-12)11(15)10-5-4-6-14(10)19(3,17)18/h9-10,16H,4-8H2,1-3H3. The molecule has 2 saturated heterocycles. The Bertz CT molecular complexity index is 468. The lowest BCUT2D eigenvalue weighted by Gasteiger charge is -2.50. The first-order valence-corrected chi connectivity index (χ1v) is 8.48. The number of rotatable bonds is 3. The molecule has 2 aliphatic rings. The van der Waals surface area contributed by atoms with Crippen molar-refractivity contribution >= 4 is 15.9 Å². The topological polar surface area (TPSA) is 77.9 Å². The number of likely N-dealkylation sites (tertiary alicyclic amines) is 1. The average Bonchev–Trinajstić information content (AvgIpc) is 2.71. The Labute approximate surface area is 114 Å². The van der Waals surface area contributed by atoms with E-state index in [4.69, 9.17) is 0 Å². The van der Waals surface area contributed by atoms with Crippen molar-refractivity contribution in [1.29, 1.82) is 0 Å². The first-order valence-electron chi connectivity index (χ1n) is 6.63. The molecule has 0 spiro atoms. The third-order valence-corrected chi connectivity index (χ3v) is 5.52. The number of aliphatic hydroxyl groups is 1. The van der Waals surface area contributed by atoms with Crippen molar-refractivity contribution in [3.05, 3.63) is 0 Å². The molecule has 110 valence electrons. The van der Waals surface area contributed by atoms with Crippen molar-refractivity contribution in [2.45, 2.75) is 38.3 Å². The van der Waals surface area contributed by atoms with Gasteiger partial charge in [0.1, 0.15) is 11.6 Å². The predicted molar refractivity (Wildman–Crippen MR) is 70.9 cm³/mol. The molecule has 2 fully saturated rings. The van der Waals surface area contributed by atoms with Gasteiger partial charge in [0.2, 0.25) is 15.9 Å². The number of hydrogen-bond acceptors (Lipinski definition) is 4. The van der Waals surface area contributed by atoms with Crippen LogP contribution in [0.5, 0.6) is 0 Å². The lowest BCUT2D eigenvalue weighted by Crippen LogP contribution is -2.68. The zero-order chi connectivity index (χ0) is 14.4. The molecule has 2 aliphatic heterocycles. The van der Waals surface area contributed by atoms with Gasteiger partial charge in [0.25, 0.3) is 0 Å². The minimum Gasteiger partial charge on any atom is -0.386 e. The van der Waals surface area contributed by atoms with Crippen LogP contribution < -0.4 is 0 Å². The summed E-state index contributed by atoms with van der Waals surface area (Å²) >= 11 is 0. The summed E-state index contributed by atoms with van der Waals surface area (Å²) in [7, 11) is -3.34. The number of hydrogen-bond donors (Lipinski definition) is 1. The maximum atomic E-state index is 12.3. The molecule has 1 N–H and O–H groups in total. The minimum absolute atomic E-state index is 0.0890. The molecule has 0 saturated carbocycles. The van der Waals surface area contributed by atoms with E-state index in [-0.39, 0.29) is 11.8 Å². The fourth-order valence-electron chi connectivity index (χ4n) is 2.73. The summed E-state index contributed by atoms with van der Waals surface area (Å²) in [5, 5.41) is 10.1. The molecule has 6 nitrogen and oxygen atoms in total. The summed E-state index contributed by atoms with van der Waals surface area (Å²) in [6.45, 7) is 4.85. The Morgan fingerprint density at radius 3 is 2.42 bits per heavy atom. The van der Waals surface area contributed by atoms with E-state index in [9.17, 15) is 18.3 Å². The molecular formula is C12H22N2O4S. The maximum absolute atomic E-state index is 12.3. The van der Waals surface area contributed by atoms with E-state index >= 15 is 0 Å². The predicted octanol–water partition coefficient (Wildman–Crippen LogP) is -0.360. The summed E-state index contributed by atoms with van der Waals surface area (Å²) in [6, 6.07) is -0.577. The van der Waals surface area contributed by atoms with Crippen LogP contribution in [0.3, 0.4) is 0 Å². The van der Waals surface area contributed by atoms with E-state index in [0.29, 0.717) is 32.5 Å². The molecule has 0 aromatic heterocycles. The van der Waals surface area contributed by atoms with E-state index in [1.807, 2.05) is 13.8 Å². The first kappa shape index (κ1) is 14.7. The second-order valence-electron chi connectivity index (χ2n) is 5.98. The first-order chi connectivity index (χ1) is 8.65. The monoisotopic (exact) mass is 290 g/mol. The molecule has 7 heteroatoms. The third-order valence-electron chi connectivity index (χ3n) is 4.23. The van der Waals surface area contributed by atoms with Gasteiger partial charge in [-0.25, -0.2) is 8.42 Å². The molecular weight excluding hydrogens is 268 g/mol. The lowest BCUT2D eigenvalue weighted by molar-refractivity contribution is -0.166. The van der Waals surface area contributed by atoms with Gasteiger partial charge in [-0.3, -0.25) is 4.79 Å². The number of nitrogens with zero attached hydrogens (tertiary/aromatic N) is 2. The van der Waals surface area contributed by atoms with Crippen LogP contribution in [0.4, 0.5) is 0 Å². The highest BCUT2D eigenvalue weighted by atomic mass is 32.2. The van der Waals surface area contributed by atoms with Gasteiger partial charge in [-0.05, 0) is 18.8 Å². The van der Waals surface area contributed by atoms with E-state index in [1.54, 1.807) is 4.90 Å². The summed E-state index contributed by atoms with van der Waals surface area (Å²) in [5.74, 6) is -0.0839. The number of sulfonamides is 1. The zero-order valence-corrected chi connectivity index (χ0v) is 12.5. The van der Waals surface area contributed by atoms with Gasteiger partial charge in [0.15, 0.2) is 0 Å². The molecule has 0 radical (unpaired) electrons. The van der Waals surface area contributed by atoms with E-state index in [2.05, 4.69) is 0 Å². The molecule has 1 atom stereocenters. The smallest absolute Gasteiger partial charge is 0.241 e. The van der Waals surface area contributed by atoms with E-state index in [1.165, 1.54) is 4.31 Å². The van der Waals surface area contributed by atoms with Gasteiger partial charge in [-0.15, -0.1) is 0 Å². The summed E-state index contributed by atoms with van der Waals surface area (Å²) in [5.41, 5.74) is -0.815. The zero-order valence-electron chi connectivity index (χ0n) is 11.7. The van der Waals surface area contributed by atoms with Crippen LogP contribution in [0.1, 0.15) is 26.7 Å². The van der Waals surface area contributed by atoms with Crippen LogP contribution >= 0.6 is 0 Å². The second-order valence-corrected chi connectivity index (χ2v) is 7.92. The van der Waals surface area contributed by atoms with Crippen LogP contribution in [0.2, 0.25) is 0 Å². The number of amides is 1. The van der Waals surface area contributed by atoms with Crippen LogP contribution in [0.25, 0.3) is 0 Å². The molecule has 19 heavy (non-hydrogen) atoms. The minimum atomic E-state index is -3.34. The van der Waals surface area contributed by atoms with Gasteiger partial charge in [0, 0.05) is 6.54 Å². The lowest BCUT2D eigenvalue weighted by atomic mass is 9.82. The van der Waals surface area contributed by atoms with Crippen molar-refractivity contribution in [2.75, 3.05) is 25.9 Å². The quantitative estimate of drug-likeness (QED) is 0.770. The van der Waals surface area contributed by atoms with E-state index in [0.717, 1.165) is 6.26 Å². The summed E-state index contributed by atoms with van der Waals surface area (Å²) in [4.78, 5) is 13.9. The SMILES string of the molecule is CC(C)C1(O)CN(C(=O)C2CCCN2S(C)(=O)=O)C1. The Morgan fingerprint density at radius 1 is 1.37 bits per heavy atom. The molecule has 0 aliphatic carbocycles. The summed E-state index contributed by atoms with van der Waals surface area (Å²) < 4.78 is 24.5. The number of carbonyl (C=O) groups excluding carboxylic acids is 1. The van der Waals surface area contributed by atoms with Crippen molar-refractivity contribution in [3.63, 3.8) is 0 Å². The Kier molecular flexibility index (Phi) is 3.66. The molecule has 0 aromatic rings. The highest BCUT2D eigenvalue weighted by molar-refractivity contribution is 7.88. The highest BCUT2D eigenvalue weighted by Gasteiger charge is 2.49. The molecule has 0 bridgehead atoms. The molecule has 0 aromatic carbocycles. The van der Waals surface area contributed by atoms with Gasteiger partial charge < -0.3 is 10.0 Å². The fraction of sp³-hybridized carbons (Fsp3) is 0.917. The fourth-order valence-corrected chi connectivity index (χ4v) is 3.85. The van der Waals surface area contributed by atoms with Crippen molar-refractivity contribution in [1.82, 2.24) is 9.21 Å². The van der Waals surface area contributed by atoms with Gasteiger partial charge in [0.05, 0.1) is 19.3 Å². The largest absolute Gasteiger partial charge is 0.386 e. The Balaban J connectivity index is 2.02. The van der Waals surface area contributed by atoms with Crippen molar-refractivity contribution < 1.29 is 18.3 Å². The van der Waals surface area contributed by atoms with Crippen LogP contribution in [0.15, 0.2) is 0 Å². The summed E-state index contributed by atoms with van der Waals surface area (Å²) in [6.07, 6.45) is 2.42. The van der Waals surface area contributed by atoms with Crippen LogP contribution in [-0.4, -0.2) is 66.2 Å². The maximum Gasteiger partial charge on any atom is 0.241 e. The normalized spacial score (nSPS) is 27.6. The van der Waals surface area contributed by atoms with Gasteiger partial charge >= 0.3 is 0 Å². The second kappa shape index (κ2) is 4.71. The molecule has 2 heterocycles. The van der Waals surface area contributed by atoms with E-state index < -0.39 is 21.7 Å². The Morgan fingerprint density at radius 2 is 1.95 bits per heavy atom. The van der Waals surface area contributed by atoms with Crippen molar-refractivity contribution in [2.24, 2.45) is 5.92 Å². The number of carbonyl (C=O) groups is 1. The van der Waals surface area contributed by atoms with Gasteiger partial charge in [-0.2, -0.15) is 4.31 Å². The van der Waals surface area contributed by atoms with Gasteiger partial charge in [-0.1, -0.05) is 13.8 Å². The van der Waals surface area contributed by atoms with Crippen LogP contribution in [0, 0.1) is 5.92 Å². The van der Waals surface area contributed by atoms with Crippen molar-refractivity contribution in [3.8, 4) is 0 Å². The van der Waals surface area contributed by atoms with Crippen LogP contribution in [-0.2, 0) is 14.8 Å². The third kappa shape index (κ3) is 2.64. The Hall–Kier alpha value is -0.660.